The van der Waals surface area contributed by atoms with Crippen LogP contribution in [-0.2, 0) is 6.18 Å². The SMILES string of the molecule is O=[N+]([O-])c1cc(C(F)(F)F)ccc1Oc1ccc(Cl)cc1C=Nc1ccccc1. The number of ether oxygens (including phenoxy) is 1. The van der Waals surface area contributed by atoms with Crippen molar-refractivity contribution >= 4 is 29.2 Å². The fourth-order valence-corrected chi connectivity index (χ4v) is 2.59. The van der Waals surface area contributed by atoms with Crippen LogP contribution in [0.15, 0.2) is 71.7 Å². The molecule has 0 aliphatic heterocycles. The molecule has 0 radical (unpaired) electrons. The van der Waals surface area contributed by atoms with E-state index in [1.54, 1.807) is 24.3 Å². The normalized spacial score (nSPS) is 11.6. The number of rotatable bonds is 5. The lowest BCUT2D eigenvalue weighted by atomic mass is 10.1. The van der Waals surface area contributed by atoms with E-state index >= 15 is 0 Å². The predicted molar refractivity (Wildman–Crippen MR) is 103 cm³/mol. The quantitative estimate of drug-likeness (QED) is 0.259. The molecular formula is C20H12ClF3N2O3. The largest absolute Gasteiger partial charge is 0.449 e. The Labute approximate surface area is 168 Å². The predicted octanol–water partition coefficient (Wildman–Crippen LogP) is 6.81. The summed E-state index contributed by atoms with van der Waals surface area (Å²) in [5.41, 5.74) is -0.895. The second kappa shape index (κ2) is 8.32. The van der Waals surface area contributed by atoms with Gasteiger partial charge in [0, 0.05) is 22.9 Å². The van der Waals surface area contributed by atoms with E-state index in [-0.39, 0.29) is 11.5 Å². The first kappa shape index (κ1) is 20.3. The Hall–Kier alpha value is -3.39. The molecule has 0 amide bonds. The zero-order chi connectivity index (χ0) is 21.0. The van der Waals surface area contributed by atoms with Crippen LogP contribution in [0.5, 0.6) is 11.5 Å². The Morgan fingerprint density at radius 2 is 1.69 bits per heavy atom. The van der Waals surface area contributed by atoms with Gasteiger partial charge in [-0.15, -0.1) is 0 Å². The first-order chi connectivity index (χ1) is 13.7. The van der Waals surface area contributed by atoms with Crippen LogP contribution in [0.4, 0.5) is 24.5 Å². The number of nitro benzene ring substituents is 1. The summed E-state index contributed by atoms with van der Waals surface area (Å²) in [6.07, 6.45) is -3.26. The summed E-state index contributed by atoms with van der Waals surface area (Å²) in [6, 6.07) is 15.5. The molecule has 5 nitrogen and oxygen atoms in total. The molecular weight excluding hydrogens is 409 g/mol. The molecule has 29 heavy (non-hydrogen) atoms. The number of alkyl halides is 3. The summed E-state index contributed by atoms with van der Waals surface area (Å²) in [6.45, 7) is 0. The Kier molecular flexibility index (Phi) is 5.84. The van der Waals surface area contributed by atoms with E-state index in [1.165, 1.54) is 24.4 Å². The topological polar surface area (TPSA) is 64.7 Å². The number of halogens is 4. The number of hydrogen-bond acceptors (Lipinski definition) is 4. The zero-order valence-corrected chi connectivity index (χ0v) is 15.3. The maximum absolute atomic E-state index is 12.9. The first-order valence-corrected chi connectivity index (χ1v) is 8.54. The molecule has 0 N–H and O–H groups in total. The van der Waals surface area contributed by atoms with Gasteiger partial charge in [0.15, 0.2) is 0 Å². The fraction of sp³-hybridized carbons (Fsp3) is 0.0500. The Morgan fingerprint density at radius 3 is 2.34 bits per heavy atom. The van der Waals surface area contributed by atoms with Crippen LogP contribution in [0.25, 0.3) is 0 Å². The van der Waals surface area contributed by atoms with E-state index in [4.69, 9.17) is 16.3 Å². The lowest BCUT2D eigenvalue weighted by molar-refractivity contribution is -0.385. The second-order valence-electron chi connectivity index (χ2n) is 5.82. The van der Waals surface area contributed by atoms with Gasteiger partial charge in [0.05, 0.1) is 16.2 Å². The first-order valence-electron chi connectivity index (χ1n) is 8.16. The third kappa shape index (κ3) is 5.11. The van der Waals surface area contributed by atoms with Crippen LogP contribution >= 0.6 is 11.6 Å². The molecule has 0 aliphatic carbocycles. The lowest BCUT2D eigenvalue weighted by Gasteiger charge is -2.11. The summed E-state index contributed by atoms with van der Waals surface area (Å²) in [7, 11) is 0. The van der Waals surface area contributed by atoms with Crippen LogP contribution in [0.3, 0.4) is 0 Å². The smallest absolute Gasteiger partial charge is 0.416 e. The average Bonchev–Trinajstić information content (AvgIpc) is 2.68. The number of nitro groups is 1. The number of hydrogen-bond donors (Lipinski definition) is 0. The van der Waals surface area contributed by atoms with Crippen LogP contribution in [-0.4, -0.2) is 11.1 Å². The van der Waals surface area contributed by atoms with Crippen molar-refractivity contribution in [2.75, 3.05) is 0 Å². The number of benzene rings is 3. The highest BCUT2D eigenvalue weighted by Gasteiger charge is 2.33. The van der Waals surface area contributed by atoms with Gasteiger partial charge in [0.2, 0.25) is 5.75 Å². The lowest BCUT2D eigenvalue weighted by Crippen LogP contribution is -2.06. The highest BCUT2D eigenvalue weighted by Crippen LogP contribution is 2.38. The summed E-state index contributed by atoms with van der Waals surface area (Å²) in [4.78, 5) is 14.6. The van der Waals surface area contributed by atoms with Crippen molar-refractivity contribution in [3.63, 3.8) is 0 Å². The van der Waals surface area contributed by atoms with Crippen LogP contribution in [0, 0.1) is 10.1 Å². The maximum atomic E-state index is 12.9. The minimum atomic E-state index is -4.71. The molecule has 0 unspecified atom stereocenters. The number of nitrogens with zero attached hydrogens (tertiary/aromatic N) is 2. The van der Waals surface area contributed by atoms with Gasteiger partial charge in [-0.25, -0.2) is 0 Å². The summed E-state index contributed by atoms with van der Waals surface area (Å²) in [5, 5.41) is 11.6. The van der Waals surface area contributed by atoms with Crippen molar-refractivity contribution in [2.24, 2.45) is 4.99 Å². The highest BCUT2D eigenvalue weighted by atomic mass is 35.5. The van der Waals surface area contributed by atoms with Crippen LogP contribution < -0.4 is 4.74 Å². The van der Waals surface area contributed by atoms with Gasteiger partial charge in [-0.2, -0.15) is 13.2 Å². The summed E-state index contributed by atoms with van der Waals surface area (Å²) >= 11 is 6.00. The molecule has 0 aliphatic rings. The zero-order valence-electron chi connectivity index (χ0n) is 14.6. The van der Waals surface area contributed by atoms with Gasteiger partial charge in [0.1, 0.15) is 5.75 Å². The average molecular weight is 421 g/mol. The van der Waals surface area contributed by atoms with Crippen LogP contribution in [0.2, 0.25) is 5.02 Å². The molecule has 0 aromatic heterocycles. The standard InChI is InChI=1S/C20H12ClF3N2O3/c21-15-7-9-18(13(10-15)12-25-16-4-2-1-3-5-16)29-19-8-6-14(20(22,23)24)11-17(19)26(27)28/h1-12H. The monoisotopic (exact) mass is 420 g/mol. The van der Waals surface area contributed by atoms with E-state index < -0.39 is 22.4 Å². The molecule has 3 aromatic carbocycles. The number of para-hydroxylation sites is 1. The van der Waals surface area contributed by atoms with E-state index in [9.17, 15) is 23.3 Å². The molecule has 3 aromatic rings. The molecule has 0 fully saturated rings. The van der Waals surface area contributed by atoms with Crippen LogP contribution in [0.1, 0.15) is 11.1 Å². The third-order valence-electron chi connectivity index (χ3n) is 3.78. The Bertz CT molecular complexity index is 1070. The van der Waals surface area contributed by atoms with Gasteiger partial charge in [-0.05, 0) is 42.5 Å². The Morgan fingerprint density at radius 1 is 1.00 bits per heavy atom. The molecule has 3 rings (SSSR count). The molecule has 0 bridgehead atoms. The van der Waals surface area contributed by atoms with Gasteiger partial charge in [0.25, 0.3) is 0 Å². The van der Waals surface area contributed by atoms with Gasteiger partial charge in [-0.3, -0.25) is 15.1 Å². The van der Waals surface area contributed by atoms with E-state index in [0.29, 0.717) is 22.3 Å². The van der Waals surface area contributed by atoms with Gasteiger partial charge in [-0.1, -0.05) is 29.8 Å². The molecule has 0 saturated carbocycles. The third-order valence-corrected chi connectivity index (χ3v) is 4.02. The summed E-state index contributed by atoms with van der Waals surface area (Å²) in [5.74, 6) is -0.184. The van der Waals surface area contributed by atoms with E-state index in [1.807, 2.05) is 6.07 Å². The number of aliphatic imine (C=N–C) groups is 1. The maximum Gasteiger partial charge on any atom is 0.416 e. The van der Waals surface area contributed by atoms with Crippen molar-refractivity contribution in [2.45, 2.75) is 6.18 Å². The van der Waals surface area contributed by atoms with E-state index in [2.05, 4.69) is 4.99 Å². The van der Waals surface area contributed by atoms with Crippen molar-refractivity contribution in [3.8, 4) is 11.5 Å². The van der Waals surface area contributed by atoms with E-state index in [0.717, 1.165) is 12.1 Å². The minimum absolute atomic E-state index is 0.150. The fourth-order valence-electron chi connectivity index (χ4n) is 2.41. The summed E-state index contributed by atoms with van der Waals surface area (Å²) < 4.78 is 44.1. The molecule has 148 valence electrons. The van der Waals surface area contributed by atoms with Crippen molar-refractivity contribution in [1.82, 2.24) is 0 Å². The molecule has 0 atom stereocenters. The van der Waals surface area contributed by atoms with Crippen molar-refractivity contribution in [3.05, 3.63) is 93.0 Å². The highest BCUT2D eigenvalue weighted by molar-refractivity contribution is 6.30. The molecule has 0 spiro atoms. The van der Waals surface area contributed by atoms with Crippen molar-refractivity contribution in [1.29, 1.82) is 0 Å². The Balaban J connectivity index is 1.98. The molecule has 0 heterocycles. The van der Waals surface area contributed by atoms with Gasteiger partial charge < -0.3 is 4.74 Å². The van der Waals surface area contributed by atoms with Gasteiger partial charge >= 0.3 is 11.9 Å². The molecule has 0 saturated heterocycles. The second-order valence-corrected chi connectivity index (χ2v) is 6.25. The molecule has 9 heteroatoms. The van der Waals surface area contributed by atoms with Crippen molar-refractivity contribution < 1.29 is 22.8 Å². The minimum Gasteiger partial charge on any atom is -0.449 e.